The Morgan fingerprint density at radius 1 is 1.41 bits per heavy atom. The van der Waals surface area contributed by atoms with Gasteiger partial charge in [0.15, 0.2) is 0 Å². The van der Waals surface area contributed by atoms with E-state index < -0.39 is 18.1 Å². The van der Waals surface area contributed by atoms with Gasteiger partial charge in [0.1, 0.15) is 5.75 Å². The van der Waals surface area contributed by atoms with Crippen molar-refractivity contribution < 1.29 is 27.4 Å². The van der Waals surface area contributed by atoms with Crippen molar-refractivity contribution in [3.05, 3.63) is 35.9 Å². The fraction of sp³-hybridized carbons (Fsp3) is 0.182. The van der Waals surface area contributed by atoms with E-state index in [1.54, 1.807) is 0 Å². The Hall–Kier alpha value is -1.98. The first kappa shape index (κ1) is 13.1. The average molecular weight is 246 g/mol. The van der Waals surface area contributed by atoms with E-state index in [1.807, 2.05) is 0 Å². The molecule has 0 atom stereocenters. The predicted molar refractivity (Wildman–Crippen MR) is 54.6 cm³/mol. The first-order chi connectivity index (χ1) is 7.87. The van der Waals surface area contributed by atoms with Gasteiger partial charge < -0.3 is 9.47 Å². The number of halogens is 3. The Balaban J connectivity index is 3.09. The summed E-state index contributed by atoms with van der Waals surface area (Å²) in [6, 6.07) is 3.28. The number of carbonyl (C=O) groups is 1. The molecule has 0 aliphatic heterocycles. The molecule has 17 heavy (non-hydrogen) atoms. The highest BCUT2D eigenvalue weighted by Crippen LogP contribution is 2.25. The fourth-order valence-electron chi connectivity index (χ4n) is 1.20. The Morgan fingerprint density at radius 2 is 2.06 bits per heavy atom. The topological polar surface area (TPSA) is 35.5 Å². The van der Waals surface area contributed by atoms with E-state index >= 15 is 0 Å². The highest BCUT2D eigenvalue weighted by atomic mass is 19.4. The number of alkyl halides is 3. The van der Waals surface area contributed by atoms with Crippen molar-refractivity contribution >= 4 is 12.0 Å². The molecule has 0 saturated carbocycles. The Kier molecular flexibility index (Phi) is 3.77. The van der Waals surface area contributed by atoms with Crippen LogP contribution in [0.5, 0.6) is 5.75 Å². The van der Waals surface area contributed by atoms with Gasteiger partial charge in [-0.05, 0) is 23.8 Å². The van der Waals surface area contributed by atoms with Gasteiger partial charge in [0.2, 0.25) is 0 Å². The molecule has 0 unspecified atom stereocenters. The molecule has 1 aromatic carbocycles. The predicted octanol–water partition coefficient (Wildman–Crippen LogP) is 3.01. The molecule has 3 nitrogen and oxygen atoms in total. The average Bonchev–Trinajstić information content (AvgIpc) is 2.25. The lowest BCUT2D eigenvalue weighted by Gasteiger charge is -2.10. The summed E-state index contributed by atoms with van der Waals surface area (Å²) in [5.74, 6) is -1.07. The highest BCUT2D eigenvalue weighted by Gasteiger charge is 2.31. The van der Waals surface area contributed by atoms with Crippen molar-refractivity contribution in [3.8, 4) is 5.75 Å². The zero-order valence-electron chi connectivity index (χ0n) is 8.88. The van der Waals surface area contributed by atoms with Crippen molar-refractivity contribution in [1.29, 1.82) is 0 Å². The van der Waals surface area contributed by atoms with Crippen LogP contribution >= 0.6 is 0 Å². The minimum atomic E-state index is -4.77. The van der Waals surface area contributed by atoms with Crippen LogP contribution in [0, 0.1) is 0 Å². The number of carbonyl (C=O) groups excluding carboxylic acids is 1. The van der Waals surface area contributed by atoms with Crippen LogP contribution in [-0.4, -0.2) is 19.4 Å². The molecular weight excluding hydrogens is 237 g/mol. The van der Waals surface area contributed by atoms with E-state index in [1.165, 1.54) is 19.3 Å². The summed E-state index contributed by atoms with van der Waals surface area (Å²) in [6.45, 7) is 3.40. The summed E-state index contributed by atoms with van der Waals surface area (Å²) in [6.07, 6.45) is -3.53. The zero-order chi connectivity index (χ0) is 13.1. The van der Waals surface area contributed by atoms with Gasteiger partial charge in [-0.3, -0.25) is 0 Å². The van der Waals surface area contributed by atoms with Crippen LogP contribution in [0.4, 0.5) is 13.2 Å². The highest BCUT2D eigenvalue weighted by molar-refractivity contribution is 5.93. The van der Waals surface area contributed by atoms with Crippen molar-refractivity contribution in [2.75, 3.05) is 7.11 Å². The standard InChI is InChI=1S/C11H9F3O3/c1-3-7-6-8(17-11(12,13)14)4-5-9(7)10(15)16-2/h3-6H,1H2,2H3. The normalized spacial score (nSPS) is 10.8. The summed E-state index contributed by atoms with van der Waals surface area (Å²) in [5, 5.41) is 0. The molecule has 1 aromatic rings. The van der Waals surface area contributed by atoms with E-state index in [4.69, 9.17) is 0 Å². The monoisotopic (exact) mass is 246 g/mol. The van der Waals surface area contributed by atoms with Crippen LogP contribution in [0.3, 0.4) is 0 Å². The van der Waals surface area contributed by atoms with E-state index in [2.05, 4.69) is 16.1 Å². The second-order valence-electron chi connectivity index (χ2n) is 2.99. The van der Waals surface area contributed by atoms with Gasteiger partial charge in [0, 0.05) is 0 Å². The summed E-state index contributed by atoms with van der Waals surface area (Å²) >= 11 is 0. The van der Waals surface area contributed by atoms with Gasteiger partial charge in [0.05, 0.1) is 12.7 Å². The number of benzene rings is 1. The Bertz CT molecular complexity index is 438. The van der Waals surface area contributed by atoms with Gasteiger partial charge in [-0.1, -0.05) is 12.7 Å². The molecule has 0 radical (unpaired) electrons. The van der Waals surface area contributed by atoms with Crippen LogP contribution in [0.15, 0.2) is 24.8 Å². The third kappa shape index (κ3) is 3.51. The van der Waals surface area contributed by atoms with Crippen LogP contribution < -0.4 is 4.74 Å². The van der Waals surface area contributed by atoms with Gasteiger partial charge in [-0.25, -0.2) is 4.79 Å². The van der Waals surface area contributed by atoms with E-state index in [-0.39, 0.29) is 11.1 Å². The molecule has 0 N–H and O–H groups in total. The lowest BCUT2D eigenvalue weighted by atomic mass is 10.1. The molecule has 1 rings (SSSR count). The number of rotatable bonds is 3. The zero-order valence-corrected chi connectivity index (χ0v) is 8.88. The molecule has 0 saturated heterocycles. The fourth-order valence-corrected chi connectivity index (χ4v) is 1.20. The van der Waals surface area contributed by atoms with Crippen LogP contribution in [0.25, 0.3) is 6.08 Å². The number of hydrogen-bond donors (Lipinski definition) is 0. The SMILES string of the molecule is C=Cc1cc(OC(F)(F)F)ccc1C(=O)OC. The lowest BCUT2D eigenvalue weighted by Crippen LogP contribution is -2.17. The molecule has 0 amide bonds. The summed E-state index contributed by atoms with van der Waals surface area (Å²) < 4.78 is 44.1. The largest absolute Gasteiger partial charge is 0.573 e. The molecule has 0 aromatic heterocycles. The Morgan fingerprint density at radius 3 is 2.53 bits per heavy atom. The van der Waals surface area contributed by atoms with Gasteiger partial charge in [-0.2, -0.15) is 0 Å². The second kappa shape index (κ2) is 4.90. The van der Waals surface area contributed by atoms with Crippen LogP contribution in [0.1, 0.15) is 15.9 Å². The quantitative estimate of drug-likeness (QED) is 0.769. The molecule has 0 bridgehead atoms. The second-order valence-corrected chi connectivity index (χ2v) is 2.99. The molecule has 0 heterocycles. The first-order valence-electron chi connectivity index (χ1n) is 4.48. The maximum absolute atomic E-state index is 12.0. The minimum Gasteiger partial charge on any atom is -0.465 e. The third-order valence-electron chi connectivity index (χ3n) is 1.88. The molecule has 6 heteroatoms. The molecule has 0 fully saturated rings. The maximum atomic E-state index is 12.0. The van der Waals surface area contributed by atoms with Crippen LogP contribution in [-0.2, 0) is 4.74 Å². The minimum absolute atomic E-state index is 0.122. The summed E-state index contributed by atoms with van der Waals surface area (Å²) in [4.78, 5) is 11.3. The number of methoxy groups -OCH3 is 1. The third-order valence-corrected chi connectivity index (χ3v) is 1.88. The molecule has 0 aliphatic rings. The maximum Gasteiger partial charge on any atom is 0.573 e. The van der Waals surface area contributed by atoms with Crippen molar-refractivity contribution in [2.24, 2.45) is 0 Å². The summed E-state index contributed by atoms with van der Waals surface area (Å²) in [7, 11) is 1.18. The Labute approximate surface area is 95.5 Å². The van der Waals surface area contributed by atoms with E-state index in [0.717, 1.165) is 12.1 Å². The molecular formula is C11H9F3O3. The summed E-state index contributed by atoms with van der Waals surface area (Å²) in [5.41, 5.74) is 0.329. The molecule has 0 aliphatic carbocycles. The number of esters is 1. The molecule has 92 valence electrons. The van der Waals surface area contributed by atoms with Gasteiger partial charge in [0.25, 0.3) is 0 Å². The van der Waals surface area contributed by atoms with Crippen LogP contribution in [0.2, 0.25) is 0 Å². The smallest absolute Gasteiger partial charge is 0.465 e. The number of ether oxygens (including phenoxy) is 2. The van der Waals surface area contributed by atoms with Crippen molar-refractivity contribution in [2.45, 2.75) is 6.36 Å². The van der Waals surface area contributed by atoms with E-state index in [0.29, 0.717) is 0 Å². The van der Waals surface area contributed by atoms with Crippen molar-refractivity contribution in [3.63, 3.8) is 0 Å². The van der Waals surface area contributed by atoms with E-state index in [9.17, 15) is 18.0 Å². The van der Waals surface area contributed by atoms with Gasteiger partial charge >= 0.3 is 12.3 Å². The lowest BCUT2D eigenvalue weighted by molar-refractivity contribution is -0.274. The number of hydrogen-bond acceptors (Lipinski definition) is 3. The van der Waals surface area contributed by atoms with Gasteiger partial charge in [-0.15, -0.1) is 13.2 Å². The molecule has 0 spiro atoms. The van der Waals surface area contributed by atoms with Crippen molar-refractivity contribution in [1.82, 2.24) is 0 Å². The first-order valence-corrected chi connectivity index (χ1v) is 4.48.